The number of rotatable bonds is 3. The van der Waals surface area contributed by atoms with Crippen molar-refractivity contribution in [3.63, 3.8) is 0 Å². The van der Waals surface area contributed by atoms with Crippen molar-refractivity contribution in [2.45, 2.75) is 6.92 Å². The molecule has 0 saturated heterocycles. The number of ether oxygens (including phenoxy) is 1. The summed E-state index contributed by atoms with van der Waals surface area (Å²) in [4.78, 5) is 20.0. The van der Waals surface area contributed by atoms with Crippen LogP contribution in [0.3, 0.4) is 0 Å². The first-order valence-corrected chi connectivity index (χ1v) is 5.17. The van der Waals surface area contributed by atoms with Crippen molar-refractivity contribution in [2.75, 3.05) is 7.11 Å². The number of methoxy groups -OCH3 is 1. The lowest BCUT2D eigenvalue weighted by Gasteiger charge is -2.07. The van der Waals surface area contributed by atoms with Crippen LogP contribution >= 0.6 is 0 Å². The fraction of sp³-hybridized carbons (Fsp3) is 0.154. The maximum Gasteiger partial charge on any atom is 0.216 e. The lowest BCUT2D eigenvalue weighted by Crippen LogP contribution is -2.06. The zero-order chi connectivity index (χ0) is 12.3. The van der Waals surface area contributed by atoms with Crippen LogP contribution in [0.25, 0.3) is 0 Å². The second kappa shape index (κ2) is 4.74. The van der Waals surface area contributed by atoms with E-state index in [2.05, 4.69) is 9.97 Å². The highest BCUT2D eigenvalue weighted by molar-refractivity contribution is 6.09. The molecule has 17 heavy (non-hydrogen) atoms. The van der Waals surface area contributed by atoms with E-state index >= 15 is 0 Å². The summed E-state index contributed by atoms with van der Waals surface area (Å²) in [6.07, 6.45) is 4.47. The lowest BCUT2D eigenvalue weighted by molar-refractivity contribution is 0.103. The van der Waals surface area contributed by atoms with E-state index in [9.17, 15) is 4.79 Å². The Labute approximate surface area is 99.3 Å². The van der Waals surface area contributed by atoms with Gasteiger partial charge in [0.2, 0.25) is 5.78 Å². The molecular weight excluding hydrogens is 216 g/mol. The van der Waals surface area contributed by atoms with E-state index in [-0.39, 0.29) is 5.78 Å². The van der Waals surface area contributed by atoms with Crippen molar-refractivity contribution in [1.29, 1.82) is 0 Å². The molecule has 2 aromatic rings. The number of benzene rings is 1. The van der Waals surface area contributed by atoms with E-state index < -0.39 is 0 Å². The number of aryl methyl sites for hydroxylation is 1. The summed E-state index contributed by atoms with van der Waals surface area (Å²) in [5.41, 5.74) is 1.85. The molecule has 0 amide bonds. The van der Waals surface area contributed by atoms with E-state index in [0.717, 1.165) is 5.56 Å². The number of carbonyl (C=O) groups is 1. The molecule has 0 atom stereocenters. The fourth-order valence-electron chi connectivity index (χ4n) is 1.54. The molecule has 0 fully saturated rings. The first-order valence-electron chi connectivity index (χ1n) is 5.17. The molecule has 4 heteroatoms. The highest BCUT2D eigenvalue weighted by Crippen LogP contribution is 2.22. The van der Waals surface area contributed by atoms with Gasteiger partial charge in [-0.25, -0.2) is 4.98 Å². The van der Waals surface area contributed by atoms with E-state index in [4.69, 9.17) is 4.74 Å². The standard InChI is InChI=1S/C13H12N2O2/c1-9-3-4-10(12(7-9)17-2)13(16)11-8-14-5-6-15-11/h3-8H,1-2H3. The Bertz CT molecular complexity index is 538. The first kappa shape index (κ1) is 11.3. The Balaban J connectivity index is 2.44. The van der Waals surface area contributed by atoms with Crippen LogP contribution < -0.4 is 4.74 Å². The third-order valence-electron chi connectivity index (χ3n) is 2.40. The van der Waals surface area contributed by atoms with Crippen LogP contribution in [0.15, 0.2) is 36.8 Å². The Morgan fingerprint density at radius 3 is 2.76 bits per heavy atom. The zero-order valence-corrected chi connectivity index (χ0v) is 9.68. The molecule has 0 saturated carbocycles. The van der Waals surface area contributed by atoms with Crippen LogP contribution in [0.2, 0.25) is 0 Å². The molecule has 0 N–H and O–H groups in total. The van der Waals surface area contributed by atoms with Crippen LogP contribution in [0.5, 0.6) is 5.75 Å². The molecule has 0 unspecified atom stereocenters. The number of ketones is 1. The highest BCUT2D eigenvalue weighted by atomic mass is 16.5. The Kier molecular flexibility index (Phi) is 3.14. The second-order valence-corrected chi connectivity index (χ2v) is 3.62. The molecule has 1 aromatic carbocycles. The third-order valence-corrected chi connectivity index (χ3v) is 2.40. The van der Waals surface area contributed by atoms with Gasteiger partial charge in [0.15, 0.2) is 0 Å². The summed E-state index contributed by atoms with van der Waals surface area (Å²) in [6.45, 7) is 1.94. The van der Waals surface area contributed by atoms with Gasteiger partial charge in [-0.05, 0) is 24.6 Å². The van der Waals surface area contributed by atoms with Gasteiger partial charge in [0, 0.05) is 12.4 Å². The maximum atomic E-state index is 12.2. The van der Waals surface area contributed by atoms with Crippen molar-refractivity contribution in [3.8, 4) is 5.75 Å². The Morgan fingerprint density at radius 1 is 1.29 bits per heavy atom. The zero-order valence-electron chi connectivity index (χ0n) is 9.68. The summed E-state index contributed by atoms with van der Waals surface area (Å²) in [7, 11) is 1.54. The van der Waals surface area contributed by atoms with Crippen molar-refractivity contribution in [3.05, 3.63) is 53.6 Å². The van der Waals surface area contributed by atoms with Gasteiger partial charge in [-0.1, -0.05) is 6.07 Å². The van der Waals surface area contributed by atoms with E-state index in [1.54, 1.807) is 13.2 Å². The number of aromatic nitrogens is 2. The van der Waals surface area contributed by atoms with Crippen LogP contribution in [-0.2, 0) is 0 Å². The van der Waals surface area contributed by atoms with E-state index in [0.29, 0.717) is 17.0 Å². The molecule has 0 aliphatic rings. The molecule has 2 rings (SSSR count). The smallest absolute Gasteiger partial charge is 0.216 e. The Morgan fingerprint density at radius 2 is 2.12 bits per heavy atom. The van der Waals surface area contributed by atoms with Gasteiger partial charge in [-0.2, -0.15) is 0 Å². The van der Waals surface area contributed by atoms with Crippen molar-refractivity contribution < 1.29 is 9.53 Å². The van der Waals surface area contributed by atoms with Gasteiger partial charge >= 0.3 is 0 Å². The minimum Gasteiger partial charge on any atom is -0.496 e. The van der Waals surface area contributed by atoms with E-state index in [1.807, 2.05) is 19.1 Å². The summed E-state index contributed by atoms with van der Waals surface area (Å²) in [5, 5.41) is 0. The van der Waals surface area contributed by atoms with Gasteiger partial charge in [-0.15, -0.1) is 0 Å². The molecule has 0 radical (unpaired) electrons. The summed E-state index contributed by atoms with van der Waals surface area (Å²) >= 11 is 0. The molecule has 0 bridgehead atoms. The molecule has 1 heterocycles. The number of hydrogen-bond donors (Lipinski definition) is 0. The van der Waals surface area contributed by atoms with Crippen LogP contribution in [0.1, 0.15) is 21.6 Å². The number of nitrogens with zero attached hydrogens (tertiary/aromatic N) is 2. The normalized spacial score (nSPS) is 10.0. The molecular formula is C13H12N2O2. The largest absolute Gasteiger partial charge is 0.496 e. The third kappa shape index (κ3) is 2.30. The van der Waals surface area contributed by atoms with Crippen LogP contribution in [0, 0.1) is 6.92 Å². The molecule has 1 aromatic heterocycles. The predicted molar refractivity (Wildman–Crippen MR) is 63.2 cm³/mol. The predicted octanol–water partition coefficient (Wildman–Crippen LogP) is 2.02. The molecule has 0 spiro atoms. The fourth-order valence-corrected chi connectivity index (χ4v) is 1.54. The van der Waals surface area contributed by atoms with Gasteiger partial charge in [0.1, 0.15) is 11.4 Å². The first-order chi connectivity index (χ1) is 8.22. The quantitative estimate of drug-likeness (QED) is 0.754. The molecule has 4 nitrogen and oxygen atoms in total. The van der Waals surface area contributed by atoms with Gasteiger partial charge < -0.3 is 4.74 Å². The number of hydrogen-bond acceptors (Lipinski definition) is 4. The number of carbonyl (C=O) groups excluding carboxylic acids is 1. The topological polar surface area (TPSA) is 52.1 Å². The summed E-state index contributed by atoms with van der Waals surface area (Å²) < 4.78 is 5.20. The van der Waals surface area contributed by atoms with Gasteiger partial charge in [0.25, 0.3) is 0 Å². The van der Waals surface area contributed by atoms with E-state index in [1.165, 1.54) is 18.6 Å². The van der Waals surface area contributed by atoms with Crippen LogP contribution in [0.4, 0.5) is 0 Å². The monoisotopic (exact) mass is 228 g/mol. The summed E-state index contributed by atoms with van der Waals surface area (Å²) in [6, 6.07) is 5.43. The van der Waals surface area contributed by atoms with Crippen molar-refractivity contribution >= 4 is 5.78 Å². The van der Waals surface area contributed by atoms with Gasteiger partial charge in [0.05, 0.1) is 18.9 Å². The van der Waals surface area contributed by atoms with Crippen LogP contribution in [-0.4, -0.2) is 22.9 Å². The molecule has 0 aliphatic heterocycles. The minimum atomic E-state index is -0.185. The molecule has 86 valence electrons. The Hall–Kier alpha value is -2.23. The molecule has 0 aliphatic carbocycles. The van der Waals surface area contributed by atoms with Crippen molar-refractivity contribution in [2.24, 2.45) is 0 Å². The highest BCUT2D eigenvalue weighted by Gasteiger charge is 2.15. The summed E-state index contributed by atoms with van der Waals surface area (Å²) in [5.74, 6) is 0.371. The minimum absolute atomic E-state index is 0.185. The maximum absolute atomic E-state index is 12.2. The SMILES string of the molecule is COc1cc(C)ccc1C(=O)c1cnccn1. The average Bonchev–Trinajstić information content (AvgIpc) is 2.39. The lowest BCUT2D eigenvalue weighted by atomic mass is 10.1. The second-order valence-electron chi connectivity index (χ2n) is 3.62. The van der Waals surface area contributed by atoms with Gasteiger partial charge in [-0.3, -0.25) is 9.78 Å². The average molecular weight is 228 g/mol. The van der Waals surface area contributed by atoms with Crippen molar-refractivity contribution in [1.82, 2.24) is 9.97 Å².